The molecule has 1 saturated heterocycles. The van der Waals surface area contributed by atoms with Crippen molar-refractivity contribution in [2.24, 2.45) is 0 Å². The van der Waals surface area contributed by atoms with Crippen molar-refractivity contribution in [1.82, 2.24) is 4.90 Å². The standard InChI is InChI=1S/C8H17F2NOSi/c1-11-5-8(9,10)3-6(11)7(4-12)13-2/h6-7,12H,3-5,13H2,1-2H3/t6-,7-/m0/s1. The lowest BCUT2D eigenvalue weighted by molar-refractivity contribution is 0.0139. The highest BCUT2D eigenvalue weighted by atomic mass is 28.2. The number of nitrogens with zero attached hydrogens (tertiary/aromatic N) is 1. The molecule has 2 nitrogen and oxygen atoms in total. The number of aliphatic hydroxyl groups excluding tert-OH is 1. The van der Waals surface area contributed by atoms with Crippen LogP contribution in [0.2, 0.25) is 12.1 Å². The highest BCUT2D eigenvalue weighted by Crippen LogP contribution is 2.35. The lowest BCUT2D eigenvalue weighted by Gasteiger charge is -2.25. The molecule has 0 aromatic rings. The molecule has 2 atom stereocenters. The van der Waals surface area contributed by atoms with Crippen LogP contribution in [0.25, 0.3) is 0 Å². The van der Waals surface area contributed by atoms with Gasteiger partial charge in [-0.3, -0.25) is 4.90 Å². The maximum absolute atomic E-state index is 13.0. The van der Waals surface area contributed by atoms with Crippen LogP contribution in [0.5, 0.6) is 0 Å². The van der Waals surface area contributed by atoms with Crippen molar-refractivity contribution in [1.29, 1.82) is 0 Å². The van der Waals surface area contributed by atoms with Crippen LogP contribution in [-0.2, 0) is 0 Å². The van der Waals surface area contributed by atoms with Gasteiger partial charge in [0.25, 0.3) is 5.92 Å². The third-order valence-electron chi connectivity index (χ3n) is 2.86. The highest BCUT2D eigenvalue weighted by Gasteiger charge is 2.45. The molecule has 0 unspecified atom stereocenters. The van der Waals surface area contributed by atoms with Gasteiger partial charge < -0.3 is 5.11 Å². The first-order valence-electron chi connectivity index (χ1n) is 4.69. The summed E-state index contributed by atoms with van der Waals surface area (Å²) in [5, 5.41) is 9.04. The molecule has 0 amide bonds. The lowest BCUT2D eigenvalue weighted by Crippen LogP contribution is -2.33. The number of likely N-dealkylation sites (tertiary alicyclic amines) is 1. The summed E-state index contributed by atoms with van der Waals surface area (Å²) in [6.07, 6.45) is -0.0738. The summed E-state index contributed by atoms with van der Waals surface area (Å²) in [5.41, 5.74) is 0.123. The molecule has 0 aromatic carbocycles. The molecule has 0 saturated carbocycles. The van der Waals surface area contributed by atoms with Crippen LogP contribution in [0.3, 0.4) is 0 Å². The van der Waals surface area contributed by atoms with Gasteiger partial charge in [0.1, 0.15) is 0 Å². The molecule has 5 heteroatoms. The number of rotatable bonds is 3. The summed E-state index contributed by atoms with van der Waals surface area (Å²) in [6.45, 7) is 1.97. The lowest BCUT2D eigenvalue weighted by atomic mass is 10.1. The minimum Gasteiger partial charge on any atom is -0.396 e. The number of aliphatic hydroxyl groups is 1. The molecule has 1 aliphatic rings. The molecule has 1 heterocycles. The second-order valence-electron chi connectivity index (χ2n) is 3.89. The summed E-state index contributed by atoms with van der Waals surface area (Å²) in [7, 11) is 1.31. The molecule has 0 aromatic heterocycles. The Morgan fingerprint density at radius 3 is 2.62 bits per heavy atom. The second-order valence-corrected chi connectivity index (χ2v) is 5.76. The van der Waals surface area contributed by atoms with Gasteiger partial charge in [0.05, 0.1) is 6.54 Å². The first-order valence-corrected chi connectivity index (χ1v) is 6.92. The maximum atomic E-state index is 13.0. The molecular formula is C8H17F2NOSi. The summed E-state index contributed by atoms with van der Waals surface area (Å²) >= 11 is 0. The molecule has 0 bridgehead atoms. The summed E-state index contributed by atoms with van der Waals surface area (Å²) in [4.78, 5) is 1.69. The Balaban J connectivity index is 2.61. The van der Waals surface area contributed by atoms with Crippen molar-refractivity contribution in [2.75, 3.05) is 20.2 Å². The monoisotopic (exact) mass is 209 g/mol. The van der Waals surface area contributed by atoms with E-state index in [-0.39, 0.29) is 31.2 Å². The normalized spacial score (nSPS) is 31.6. The van der Waals surface area contributed by atoms with E-state index in [0.29, 0.717) is 0 Å². The zero-order chi connectivity index (χ0) is 10.1. The molecule has 1 aliphatic heterocycles. The molecule has 0 aliphatic carbocycles. The molecule has 1 N–H and O–H groups in total. The zero-order valence-corrected chi connectivity index (χ0v) is 9.55. The van der Waals surface area contributed by atoms with Crippen LogP contribution in [0.1, 0.15) is 6.42 Å². The van der Waals surface area contributed by atoms with Gasteiger partial charge in [-0.15, -0.1) is 0 Å². The Morgan fingerprint density at radius 1 is 1.69 bits per heavy atom. The van der Waals surface area contributed by atoms with Gasteiger partial charge in [0.2, 0.25) is 0 Å². The van der Waals surface area contributed by atoms with E-state index in [1.807, 2.05) is 0 Å². The van der Waals surface area contributed by atoms with Crippen LogP contribution in [0.4, 0.5) is 8.78 Å². The quantitative estimate of drug-likeness (QED) is 0.677. The van der Waals surface area contributed by atoms with E-state index in [9.17, 15) is 8.78 Å². The largest absolute Gasteiger partial charge is 0.396 e. The van der Waals surface area contributed by atoms with Crippen molar-refractivity contribution in [2.45, 2.75) is 30.5 Å². The first-order chi connectivity index (χ1) is 6.00. The van der Waals surface area contributed by atoms with Gasteiger partial charge in [0.15, 0.2) is 0 Å². The van der Waals surface area contributed by atoms with E-state index in [4.69, 9.17) is 5.11 Å². The van der Waals surface area contributed by atoms with Crippen LogP contribution >= 0.6 is 0 Å². The number of alkyl halides is 2. The maximum Gasteiger partial charge on any atom is 0.262 e. The smallest absolute Gasteiger partial charge is 0.262 e. The molecular weight excluding hydrogens is 192 g/mol. The molecule has 0 spiro atoms. The van der Waals surface area contributed by atoms with Gasteiger partial charge in [-0.1, -0.05) is 6.55 Å². The predicted molar refractivity (Wildman–Crippen MR) is 51.2 cm³/mol. The average molecular weight is 209 g/mol. The van der Waals surface area contributed by atoms with E-state index in [2.05, 4.69) is 6.55 Å². The van der Waals surface area contributed by atoms with E-state index in [1.165, 1.54) is 0 Å². The van der Waals surface area contributed by atoms with Gasteiger partial charge in [-0.05, 0) is 12.6 Å². The molecule has 0 radical (unpaired) electrons. The highest BCUT2D eigenvalue weighted by molar-refractivity contribution is 6.36. The van der Waals surface area contributed by atoms with Crippen molar-refractivity contribution < 1.29 is 13.9 Å². The minimum absolute atomic E-state index is 0.0633. The number of halogens is 2. The molecule has 78 valence electrons. The fourth-order valence-corrected chi connectivity index (χ4v) is 3.39. The molecule has 1 fully saturated rings. The zero-order valence-electron chi connectivity index (χ0n) is 8.13. The number of hydrogen-bond donors (Lipinski definition) is 1. The van der Waals surface area contributed by atoms with Gasteiger partial charge in [0, 0.05) is 28.6 Å². The van der Waals surface area contributed by atoms with Crippen LogP contribution in [0.15, 0.2) is 0 Å². The summed E-state index contributed by atoms with van der Waals surface area (Å²) in [6, 6.07) is -0.100. The fourth-order valence-electron chi connectivity index (χ4n) is 2.06. The van der Waals surface area contributed by atoms with Crippen molar-refractivity contribution >= 4 is 9.52 Å². The van der Waals surface area contributed by atoms with Gasteiger partial charge in [-0.25, -0.2) is 8.78 Å². The van der Waals surface area contributed by atoms with Gasteiger partial charge >= 0.3 is 0 Å². The summed E-state index contributed by atoms with van der Waals surface area (Å²) in [5.74, 6) is -2.55. The molecule has 13 heavy (non-hydrogen) atoms. The fraction of sp³-hybridized carbons (Fsp3) is 1.00. The molecule has 1 rings (SSSR count). The Kier molecular flexibility index (Phi) is 3.42. The van der Waals surface area contributed by atoms with Gasteiger partial charge in [-0.2, -0.15) is 0 Å². The average Bonchev–Trinajstić information content (AvgIpc) is 2.28. The minimum atomic E-state index is -2.55. The van der Waals surface area contributed by atoms with Crippen molar-refractivity contribution in [3.05, 3.63) is 0 Å². The predicted octanol–water partition coefficient (Wildman–Crippen LogP) is 0.324. The Morgan fingerprint density at radius 2 is 2.31 bits per heavy atom. The number of hydrogen-bond acceptors (Lipinski definition) is 2. The van der Waals surface area contributed by atoms with E-state index >= 15 is 0 Å². The van der Waals surface area contributed by atoms with E-state index < -0.39 is 15.4 Å². The van der Waals surface area contributed by atoms with Crippen molar-refractivity contribution in [3.63, 3.8) is 0 Å². The Bertz CT molecular complexity index is 176. The van der Waals surface area contributed by atoms with Crippen LogP contribution in [0, 0.1) is 0 Å². The van der Waals surface area contributed by atoms with Crippen LogP contribution in [-0.4, -0.2) is 51.7 Å². The Labute approximate surface area is 79.7 Å². The van der Waals surface area contributed by atoms with Crippen molar-refractivity contribution in [3.8, 4) is 0 Å². The van der Waals surface area contributed by atoms with Crippen LogP contribution < -0.4 is 0 Å². The third kappa shape index (κ3) is 2.48. The first kappa shape index (κ1) is 11.1. The van der Waals surface area contributed by atoms with E-state index in [0.717, 1.165) is 0 Å². The topological polar surface area (TPSA) is 23.5 Å². The Hall–Kier alpha value is -0.00312. The second kappa shape index (κ2) is 4.02. The van der Waals surface area contributed by atoms with E-state index in [1.54, 1.807) is 11.9 Å². The SMILES string of the molecule is C[SiH2][C@@H](CO)[C@@H]1CC(F)(F)CN1C. The summed E-state index contributed by atoms with van der Waals surface area (Å²) < 4.78 is 25.9. The third-order valence-corrected chi connectivity index (χ3v) is 4.71.